The molecule has 0 spiro atoms. The van der Waals surface area contributed by atoms with E-state index in [0.717, 1.165) is 5.56 Å². The molecule has 1 aliphatic rings. The first-order chi connectivity index (χ1) is 6.79. The van der Waals surface area contributed by atoms with Crippen LogP contribution in [0.2, 0.25) is 5.02 Å². The van der Waals surface area contributed by atoms with Gasteiger partial charge >= 0.3 is 0 Å². The lowest BCUT2D eigenvalue weighted by molar-refractivity contribution is 0.152. The maximum atomic E-state index is 10.0. The van der Waals surface area contributed by atoms with Gasteiger partial charge in [0.2, 0.25) is 0 Å². The monoisotopic (exact) mass is 206 g/mol. The van der Waals surface area contributed by atoms with Crippen LogP contribution in [-0.2, 0) is 0 Å². The molecule has 14 heavy (non-hydrogen) atoms. The van der Waals surface area contributed by atoms with Gasteiger partial charge in [0.05, 0.1) is 6.10 Å². The van der Waals surface area contributed by atoms with Gasteiger partial charge in [-0.25, -0.2) is 0 Å². The van der Waals surface area contributed by atoms with Crippen LogP contribution >= 0.6 is 11.6 Å². The highest BCUT2D eigenvalue weighted by Crippen LogP contribution is 2.31. The lowest BCUT2D eigenvalue weighted by Crippen LogP contribution is -2.07. The lowest BCUT2D eigenvalue weighted by atomic mass is 9.97. The first-order valence-corrected chi connectivity index (χ1v) is 4.94. The van der Waals surface area contributed by atoms with Crippen molar-refractivity contribution in [2.24, 2.45) is 5.92 Å². The van der Waals surface area contributed by atoms with Crippen molar-refractivity contribution in [2.45, 2.75) is 6.10 Å². The predicted molar refractivity (Wildman–Crippen MR) is 58.2 cm³/mol. The van der Waals surface area contributed by atoms with Crippen molar-refractivity contribution in [1.82, 2.24) is 0 Å². The lowest BCUT2D eigenvalue weighted by Gasteiger charge is -2.16. The molecule has 0 aliphatic heterocycles. The molecule has 0 radical (unpaired) electrons. The molecular weight excluding hydrogens is 196 g/mol. The second kappa shape index (κ2) is 3.99. The Balaban J connectivity index is 2.26. The van der Waals surface area contributed by atoms with Crippen molar-refractivity contribution in [3.8, 4) is 0 Å². The molecule has 1 aromatic carbocycles. The fourth-order valence-electron chi connectivity index (χ4n) is 1.58. The van der Waals surface area contributed by atoms with Crippen molar-refractivity contribution >= 4 is 11.6 Å². The SMILES string of the molecule is O[C@H](c1ccccc1Cl)C1C=CC=C1. The van der Waals surface area contributed by atoms with Crippen LogP contribution in [0.25, 0.3) is 0 Å². The third-order valence-corrected chi connectivity index (χ3v) is 2.71. The molecule has 0 amide bonds. The largest absolute Gasteiger partial charge is 0.387 e. The van der Waals surface area contributed by atoms with Gasteiger partial charge < -0.3 is 5.11 Å². The first kappa shape index (κ1) is 9.50. The summed E-state index contributed by atoms with van der Waals surface area (Å²) in [5.41, 5.74) is 0.787. The number of benzene rings is 1. The highest BCUT2D eigenvalue weighted by atomic mass is 35.5. The van der Waals surface area contributed by atoms with Gasteiger partial charge in [-0.2, -0.15) is 0 Å². The fourth-order valence-corrected chi connectivity index (χ4v) is 1.83. The maximum Gasteiger partial charge on any atom is 0.0901 e. The van der Waals surface area contributed by atoms with E-state index in [1.807, 2.05) is 42.5 Å². The van der Waals surface area contributed by atoms with Crippen molar-refractivity contribution in [1.29, 1.82) is 0 Å². The van der Waals surface area contributed by atoms with E-state index in [1.54, 1.807) is 6.07 Å². The Kier molecular flexibility index (Phi) is 2.71. The van der Waals surface area contributed by atoms with Crippen molar-refractivity contribution in [2.75, 3.05) is 0 Å². The number of rotatable bonds is 2. The zero-order chi connectivity index (χ0) is 9.97. The van der Waals surface area contributed by atoms with Gasteiger partial charge in [-0.1, -0.05) is 54.1 Å². The molecule has 1 aromatic rings. The van der Waals surface area contributed by atoms with Gasteiger partial charge in [-0.05, 0) is 11.6 Å². The average molecular weight is 207 g/mol. The third kappa shape index (κ3) is 1.74. The minimum atomic E-state index is -0.543. The summed E-state index contributed by atoms with van der Waals surface area (Å²) in [4.78, 5) is 0. The molecule has 1 nitrogen and oxygen atoms in total. The van der Waals surface area contributed by atoms with E-state index >= 15 is 0 Å². The van der Waals surface area contributed by atoms with Crippen LogP contribution in [0.1, 0.15) is 11.7 Å². The molecule has 1 aliphatic carbocycles. The number of hydrogen-bond acceptors (Lipinski definition) is 1. The van der Waals surface area contributed by atoms with Gasteiger partial charge in [-0.15, -0.1) is 0 Å². The van der Waals surface area contributed by atoms with Crippen molar-refractivity contribution < 1.29 is 5.11 Å². The van der Waals surface area contributed by atoms with Gasteiger partial charge in [0, 0.05) is 10.9 Å². The smallest absolute Gasteiger partial charge is 0.0901 e. The molecule has 0 fully saturated rings. The van der Waals surface area contributed by atoms with E-state index in [-0.39, 0.29) is 5.92 Å². The molecule has 0 saturated carbocycles. The molecule has 2 rings (SSSR count). The van der Waals surface area contributed by atoms with E-state index in [0.29, 0.717) is 5.02 Å². The van der Waals surface area contributed by atoms with Gasteiger partial charge in [-0.3, -0.25) is 0 Å². The molecule has 0 saturated heterocycles. The molecule has 0 bridgehead atoms. The summed E-state index contributed by atoms with van der Waals surface area (Å²) in [6, 6.07) is 7.39. The third-order valence-electron chi connectivity index (χ3n) is 2.37. The van der Waals surface area contributed by atoms with Crippen LogP contribution in [0.3, 0.4) is 0 Å². The highest BCUT2D eigenvalue weighted by Gasteiger charge is 2.19. The first-order valence-electron chi connectivity index (χ1n) is 4.56. The fraction of sp³-hybridized carbons (Fsp3) is 0.167. The zero-order valence-corrected chi connectivity index (χ0v) is 8.35. The Hall–Kier alpha value is -1.05. The summed E-state index contributed by atoms with van der Waals surface area (Å²) in [5, 5.41) is 10.6. The van der Waals surface area contributed by atoms with Crippen LogP contribution in [0.4, 0.5) is 0 Å². The molecule has 2 heteroatoms. The predicted octanol–water partition coefficient (Wildman–Crippen LogP) is 3.12. The quantitative estimate of drug-likeness (QED) is 0.789. The van der Waals surface area contributed by atoms with Crippen LogP contribution in [0.15, 0.2) is 48.6 Å². The Morgan fingerprint density at radius 1 is 1.14 bits per heavy atom. The molecule has 72 valence electrons. The number of aliphatic hydroxyl groups is 1. The van der Waals surface area contributed by atoms with E-state index in [2.05, 4.69) is 0 Å². The van der Waals surface area contributed by atoms with E-state index in [1.165, 1.54) is 0 Å². The van der Waals surface area contributed by atoms with Gasteiger partial charge in [0.25, 0.3) is 0 Å². The summed E-state index contributed by atoms with van der Waals surface area (Å²) in [5.74, 6) is 0.0508. The summed E-state index contributed by atoms with van der Waals surface area (Å²) < 4.78 is 0. The standard InChI is InChI=1S/C12H11ClO/c13-11-8-4-3-7-10(11)12(14)9-5-1-2-6-9/h1-9,12,14H/t12-/m0/s1. The minimum Gasteiger partial charge on any atom is -0.387 e. The van der Waals surface area contributed by atoms with Crippen LogP contribution in [0.5, 0.6) is 0 Å². The van der Waals surface area contributed by atoms with Crippen LogP contribution in [0, 0.1) is 5.92 Å². The topological polar surface area (TPSA) is 20.2 Å². The normalized spacial score (nSPS) is 17.6. The zero-order valence-electron chi connectivity index (χ0n) is 7.60. The Labute approximate surface area is 88.3 Å². The van der Waals surface area contributed by atoms with Crippen molar-refractivity contribution in [3.63, 3.8) is 0 Å². The maximum absolute atomic E-state index is 10.0. The van der Waals surface area contributed by atoms with E-state index in [9.17, 15) is 5.11 Å². The van der Waals surface area contributed by atoms with Gasteiger partial charge in [0.1, 0.15) is 0 Å². The van der Waals surface area contributed by atoms with Gasteiger partial charge in [0.15, 0.2) is 0 Å². The highest BCUT2D eigenvalue weighted by molar-refractivity contribution is 6.31. The minimum absolute atomic E-state index is 0.0508. The molecular formula is C12H11ClO. The summed E-state index contributed by atoms with van der Waals surface area (Å²) in [6.45, 7) is 0. The summed E-state index contributed by atoms with van der Waals surface area (Å²) >= 11 is 5.99. The molecule has 0 aromatic heterocycles. The van der Waals surface area contributed by atoms with Crippen LogP contribution < -0.4 is 0 Å². The molecule has 1 atom stereocenters. The second-order valence-corrected chi connectivity index (χ2v) is 3.72. The molecule has 0 heterocycles. The van der Waals surface area contributed by atoms with Crippen LogP contribution in [-0.4, -0.2) is 5.11 Å². The average Bonchev–Trinajstić information content (AvgIpc) is 2.70. The Morgan fingerprint density at radius 3 is 2.43 bits per heavy atom. The summed E-state index contributed by atoms with van der Waals surface area (Å²) in [6.07, 6.45) is 7.26. The van der Waals surface area contributed by atoms with E-state index < -0.39 is 6.10 Å². The number of halogens is 1. The summed E-state index contributed by atoms with van der Waals surface area (Å²) in [7, 11) is 0. The number of allylic oxidation sites excluding steroid dienone is 2. The Morgan fingerprint density at radius 2 is 1.79 bits per heavy atom. The number of aliphatic hydroxyl groups excluding tert-OH is 1. The molecule has 0 unspecified atom stereocenters. The number of hydrogen-bond donors (Lipinski definition) is 1. The Bertz CT molecular complexity index is 370. The van der Waals surface area contributed by atoms with E-state index in [4.69, 9.17) is 11.6 Å². The van der Waals surface area contributed by atoms with Crippen molar-refractivity contribution in [3.05, 3.63) is 59.2 Å². The molecule has 1 N–H and O–H groups in total. The second-order valence-electron chi connectivity index (χ2n) is 3.31.